The molecule has 1 aliphatic heterocycles. The molecule has 3 aromatic carbocycles. The number of nitrogens with one attached hydrogen (secondary N) is 1. The normalized spacial score (nSPS) is 15.8. The highest BCUT2D eigenvalue weighted by Gasteiger charge is 2.35. The van der Waals surface area contributed by atoms with Gasteiger partial charge in [0.15, 0.2) is 11.5 Å². The maximum atomic E-state index is 14.6. The molecule has 7 heteroatoms. The Morgan fingerprint density at radius 3 is 2.41 bits per heavy atom. The van der Waals surface area contributed by atoms with Gasteiger partial charge in [0.2, 0.25) is 5.91 Å². The molecular weight excluding hydrogens is 514 g/mol. The fourth-order valence-electron chi connectivity index (χ4n) is 6.00. The van der Waals surface area contributed by atoms with Crippen LogP contribution in [-0.4, -0.2) is 36.1 Å². The first-order valence-corrected chi connectivity index (χ1v) is 14.4. The second kappa shape index (κ2) is 11.6. The topological polar surface area (TPSA) is 80.8 Å². The Labute approximate surface area is 240 Å². The van der Waals surface area contributed by atoms with Gasteiger partial charge in [-0.2, -0.15) is 0 Å². The maximum absolute atomic E-state index is 14.6. The van der Waals surface area contributed by atoms with Crippen molar-refractivity contribution in [2.45, 2.75) is 58.0 Å². The van der Waals surface area contributed by atoms with Crippen molar-refractivity contribution < 1.29 is 19.1 Å². The second-order valence-corrected chi connectivity index (χ2v) is 11.1. The summed E-state index contributed by atoms with van der Waals surface area (Å²) in [6, 6.07) is 20.1. The molecule has 41 heavy (non-hydrogen) atoms. The Morgan fingerprint density at radius 1 is 0.878 bits per heavy atom. The first-order chi connectivity index (χ1) is 20.0. The van der Waals surface area contributed by atoms with Crippen molar-refractivity contribution in [1.29, 1.82) is 0 Å². The summed E-state index contributed by atoms with van der Waals surface area (Å²) in [5.74, 6) is 0.661. The van der Waals surface area contributed by atoms with E-state index in [1.807, 2.05) is 56.3 Å². The van der Waals surface area contributed by atoms with E-state index in [4.69, 9.17) is 9.47 Å². The van der Waals surface area contributed by atoms with Gasteiger partial charge in [-0.25, -0.2) is 0 Å². The molecule has 0 unspecified atom stereocenters. The summed E-state index contributed by atoms with van der Waals surface area (Å²) in [7, 11) is 0. The van der Waals surface area contributed by atoms with Crippen LogP contribution in [0.2, 0.25) is 0 Å². The number of amides is 2. The predicted molar refractivity (Wildman–Crippen MR) is 160 cm³/mol. The summed E-state index contributed by atoms with van der Waals surface area (Å²) >= 11 is 0. The second-order valence-electron chi connectivity index (χ2n) is 11.1. The van der Waals surface area contributed by atoms with Gasteiger partial charge in [-0.3, -0.25) is 19.5 Å². The van der Waals surface area contributed by atoms with Gasteiger partial charge in [0.25, 0.3) is 5.91 Å². The molecule has 7 nitrogen and oxygen atoms in total. The van der Waals surface area contributed by atoms with Crippen LogP contribution >= 0.6 is 0 Å². The van der Waals surface area contributed by atoms with Crippen LogP contribution in [0.4, 0.5) is 5.69 Å². The summed E-state index contributed by atoms with van der Waals surface area (Å²) in [4.78, 5) is 35.0. The minimum atomic E-state index is -0.900. The zero-order valence-corrected chi connectivity index (χ0v) is 23.6. The number of fused-ring (bicyclic) bond motifs is 2. The average molecular weight is 550 g/mol. The zero-order chi connectivity index (χ0) is 28.3. The first kappa shape index (κ1) is 26.8. The molecule has 6 rings (SSSR count). The van der Waals surface area contributed by atoms with Gasteiger partial charge < -0.3 is 14.8 Å². The molecule has 0 bridgehead atoms. The Morgan fingerprint density at radius 2 is 1.63 bits per heavy atom. The lowest BCUT2D eigenvalue weighted by atomic mass is 9.94. The Kier molecular flexibility index (Phi) is 7.59. The van der Waals surface area contributed by atoms with Gasteiger partial charge in [-0.05, 0) is 91.9 Å². The van der Waals surface area contributed by atoms with Gasteiger partial charge in [-0.1, -0.05) is 37.5 Å². The Bertz CT molecular complexity index is 1570. The molecule has 1 aliphatic carbocycles. The van der Waals surface area contributed by atoms with Crippen molar-refractivity contribution in [2.24, 2.45) is 0 Å². The standard InChI is InChI=1S/C34H35N3O4/c1-22-17-23(2)19-28(18-22)37(34(39)26-11-13-30-31(21-26)41-16-15-40-30)32(33(38)36-27-8-4-3-5-9-27)25-10-12-29-24(20-25)7-6-14-35-29/h6-7,10-14,17-21,27,32H,3-5,8-9,15-16H2,1-2H3,(H,36,38)/t32-/m0/s1. The predicted octanol–water partition coefficient (Wildman–Crippen LogP) is 6.46. The number of hydrogen-bond donors (Lipinski definition) is 1. The third kappa shape index (κ3) is 5.75. The van der Waals surface area contributed by atoms with Crippen molar-refractivity contribution in [3.8, 4) is 11.5 Å². The quantitative estimate of drug-likeness (QED) is 0.299. The largest absolute Gasteiger partial charge is 0.486 e. The number of anilines is 1. The lowest BCUT2D eigenvalue weighted by Crippen LogP contribution is -2.47. The van der Waals surface area contributed by atoms with E-state index in [2.05, 4.69) is 16.4 Å². The zero-order valence-electron chi connectivity index (χ0n) is 23.6. The van der Waals surface area contributed by atoms with E-state index in [1.165, 1.54) is 6.42 Å². The van der Waals surface area contributed by atoms with Crippen LogP contribution in [0, 0.1) is 13.8 Å². The summed E-state index contributed by atoms with van der Waals surface area (Å²) < 4.78 is 11.5. The van der Waals surface area contributed by atoms with E-state index < -0.39 is 6.04 Å². The molecule has 1 fully saturated rings. The number of rotatable bonds is 6. The van der Waals surface area contributed by atoms with Crippen molar-refractivity contribution >= 4 is 28.4 Å². The van der Waals surface area contributed by atoms with Gasteiger partial charge >= 0.3 is 0 Å². The molecule has 1 atom stereocenters. The summed E-state index contributed by atoms with van der Waals surface area (Å²) in [6.45, 7) is 4.89. The van der Waals surface area contributed by atoms with Crippen molar-refractivity contribution in [3.63, 3.8) is 0 Å². The smallest absolute Gasteiger partial charge is 0.259 e. The van der Waals surface area contributed by atoms with Gasteiger partial charge in [0.05, 0.1) is 5.52 Å². The summed E-state index contributed by atoms with van der Waals surface area (Å²) in [6.07, 6.45) is 7.01. The van der Waals surface area contributed by atoms with E-state index >= 15 is 0 Å². The first-order valence-electron chi connectivity index (χ1n) is 14.4. The third-order valence-corrected chi connectivity index (χ3v) is 7.89. The van der Waals surface area contributed by atoms with Crippen molar-refractivity contribution in [3.05, 3.63) is 95.2 Å². The van der Waals surface area contributed by atoms with E-state index in [0.29, 0.717) is 36.0 Å². The lowest BCUT2D eigenvalue weighted by molar-refractivity contribution is -0.123. The molecular formula is C34H35N3O4. The Hall–Kier alpha value is -4.39. The van der Waals surface area contributed by atoms with Crippen LogP contribution in [0.3, 0.4) is 0 Å². The van der Waals surface area contributed by atoms with Crippen LogP contribution in [0.15, 0.2) is 72.9 Å². The van der Waals surface area contributed by atoms with Crippen LogP contribution in [-0.2, 0) is 4.79 Å². The molecule has 210 valence electrons. The molecule has 0 saturated heterocycles. The molecule has 2 amide bonds. The van der Waals surface area contributed by atoms with E-state index in [9.17, 15) is 9.59 Å². The van der Waals surface area contributed by atoms with E-state index in [0.717, 1.165) is 53.3 Å². The van der Waals surface area contributed by atoms with Crippen LogP contribution in [0.25, 0.3) is 10.9 Å². The molecule has 1 aromatic heterocycles. The fraction of sp³-hybridized carbons (Fsp3) is 0.324. The van der Waals surface area contributed by atoms with Gasteiger partial charge in [0.1, 0.15) is 19.3 Å². The van der Waals surface area contributed by atoms with Crippen LogP contribution in [0.5, 0.6) is 11.5 Å². The third-order valence-electron chi connectivity index (χ3n) is 7.89. The molecule has 2 aliphatic rings. The molecule has 2 heterocycles. The minimum Gasteiger partial charge on any atom is -0.486 e. The fourth-order valence-corrected chi connectivity index (χ4v) is 6.00. The maximum Gasteiger partial charge on any atom is 0.259 e. The minimum absolute atomic E-state index is 0.0892. The number of carbonyl (C=O) groups is 2. The van der Waals surface area contributed by atoms with Gasteiger partial charge in [0, 0.05) is 28.9 Å². The highest BCUT2D eigenvalue weighted by molar-refractivity contribution is 6.10. The number of pyridine rings is 1. The van der Waals surface area contributed by atoms with Crippen LogP contribution < -0.4 is 19.7 Å². The summed E-state index contributed by atoms with van der Waals surface area (Å²) in [5, 5.41) is 4.22. The van der Waals surface area contributed by atoms with Crippen molar-refractivity contribution in [2.75, 3.05) is 18.1 Å². The lowest BCUT2D eigenvalue weighted by Gasteiger charge is -2.34. The van der Waals surface area contributed by atoms with E-state index in [1.54, 1.807) is 29.3 Å². The molecule has 1 saturated carbocycles. The van der Waals surface area contributed by atoms with Crippen LogP contribution in [0.1, 0.15) is 65.2 Å². The number of benzene rings is 3. The number of aromatic nitrogens is 1. The monoisotopic (exact) mass is 549 g/mol. The molecule has 0 radical (unpaired) electrons. The SMILES string of the molecule is Cc1cc(C)cc(N(C(=O)c2ccc3c(c2)OCCO3)[C@H](C(=O)NC2CCCCC2)c2ccc3ncccc3c2)c1. The highest BCUT2D eigenvalue weighted by atomic mass is 16.6. The molecule has 1 N–H and O–H groups in total. The van der Waals surface area contributed by atoms with Gasteiger partial charge in [-0.15, -0.1) is 0 Å². The number of carbonyl (C=O) groups excluding carboxylic acids is 2. The van der Waals surface area contributed by atoms with E-state index in [-0.39, 0.29) is 17.9 Å². The average Bonchev–Trinajstić information content (AvgIpc) is 2.99. The molecule has 4 aromatic rings. The number of hydrogen-bond acceptors (Lipinski definition) is 5. The Balaban J connectivity index is 1.49. The number of aryl methyl sites for hydroxylation is 2. The molecule has 0 spiro atoms. The number of ether oxygens (including phenoxy) is 2. The van der Waals surface area contributed by atoms with Crippen molar-refractivity contribution in [1.82, 2.24) is 10.3 Å². The highest BCUT2D eigenvalue weighted by Crippen LogP contribution is 2.36. The number of nitrogens with zero attached hydrogens (tertiary/aromatic N) is 2. The summed E-state index contributed by atoms with van der Waals surface area (Å²) in [5.41, 5.74) is 4.66.